The summed E-state index contributed by atoms with van der Waals surface area (Å²) in [5.74, 6) is -2.11. The Balaban J connectivity index is 2.88. The SMILES string of the molecule is CC1(C)CCCN1S(=O)(=O)CC(=O)O. The van der Waals surface area contributed by atoms with Crippen molar-refractivity contribution in [3.63, 3.8) is 0 Å². The molecule has 0 aromatic carbocycles. The normalized spacial score (nSPS) is 22.4. The summed E-state index contributed by atoms with van der Waals surface area (Å²) in [6.07, 6.45) is 1.58. The van der Waals surface area contributed by atoms with Crippen molar-refractivity contribution in [2.45, 2.75) is 32.2 Å². The van der Waals surface area contributed by atoms with Crippen LogP contribution >= 0.6 is 0 Å². The fourth-order valence-corrected chi connectivity index (χ4v) is 3.55. The Morgan fingerprint density at radius 3 is 2.43 bits per heavy atom. The summed E-state index contributed by atoms with van der Waals surface area (Å²) < 4.78 is 24.5. The first-order valence-corrected chi connectivity index (χ1v) is 6.09. The molecule has 14 heavy (non-hydrogen) atoms. The molecule has 1 saturated heterocycles. The van der Waals surface area contributed by atoms with E-state index in [4.69, 9.17) is 5.11 Å². The molecule has 0 amide bonds. The highest BCUT2D eigenvalue weighted by molar-refractivity contribution is 7.89. The highest BCUT2D eigenvalue weighted by Crippen LogP contribution is 2.30. The van der Waals surface area contributed by atoms with Gasteiger partial charge in [-0.3, -0.25) is 4.79 Å². The number of sulfonamides is 1. The zero-order valence-electron chi connectivity index (χ0n) is 8.36. The minimum atomic E-state index is -3.63. The predicted octanol–water partition coefficient (Wildman–Crippen LogP) is 0.275. The molecule has 0 aliphatic carbocycles. The van der Waals surface area contributed by atoms with E-state index in [9.17, 15) is 13.2 Å². The molecule has 82 valence electrons. The zero-order chi connectivity index (χ0) is 11.0. The number of hydrogen-bond acceptors (Lipinski definition) is 3. The smallest absolute Gasteiger partial charge is 0.320 e. The van der Waals surface area contributed by atoms with Crippen LogP contribution in [0.25, 0.3) is 0 Å². The van der Waals surface area contributed by atoms with Gasteiger partial charge in [-0.15, -0.1) is 0 Å². The van der Waals surface area contributed by atoms with Crippen LogP contribution in [0.2, 0.25) is 0 Å². The van der Waals surface area contributed by atoms with Crippen molar-refractivity contribution >= 4 is 16.0 Å². The topological polar surface area (TPSA) is 74.7 Å². The summed E-state index contributed by atoms with van der Waals surface area (Å²) in [7, 11) is -3.63. The lowest BCUT2D eigenvalue weighted by atomic mass is 10.0. The van der Waals surface area contributed by atoms with E-state index in [1.54, 1.807) is 0 Å². The summed E-state index contributed by atoms with van der Waals surface area (Å²) in [6.45, 7) is 4.07. The molecule has 6 heteroatoms. The Labute approximate surface area is 83.8 Å². The van der Waals surface area contributed by atoms with Crippen molar-refractivity contribution in [3.8, 4) is 0 Å². The molecule has 0 radical (unpaired) electrons. The summed E-state index contributed by atoms with van der Waals surface area (Å²) in [6, 6.07) is 0. The lowest BCUT2D eigenvalue weighted by Crippen LogP contribution is -2.44. The van der Waals surface area contributed by atoms with Gasteiger partial charge in [-0.25, -0.2) is 8.42 Å². The van der Waals surface area contributed by atoms with Gasteiger partial charge in [-0.05, 0) is 26.7 Å². The van der Waals surface area contributed by atoms with Crippen molar-refractivity contribution in [1.82, 2.24) is 4.31 Å². The van der Waals surface area contributed by atoms with Gasteiger partial charge in [-0.2, -0.15) is 4.31 Å². The lowest BCUT2D eigenvalue weighted by Gasteiger charge is -2.29. The predicted molar refractivity (Wildman–Crippen MR) is 51.4 cm³/mol. The maximum atomic E-state index is 11.6. The van der Waals surface area contributed by atoms with Gasteiger partial charge in [0.25, 0.3) is 0 Å². The molecule has 0 saturated carbocycles. The van der Waals surface area contributed by atoms with Crippen molar-refractivity contribution in [1.29, 1.82) is 0 Å². The van der Waals surface area contributed by atoms with Crippen LogP contribution in [0, 0.1) is 0 Å². The first kappa shape index (κ1) is 11.5. The molecular formula is C8H15NO4S. The van der Waals surface area contributed by atoms with Crippen LogP contribution in [0.5, 0.6) is 0 Å². The second kappa shape index (κ2) is 3.51. The van der Waals surface area contributed by atoms with E-state index in [-0.39, 0.29) is 0 Å². The number of carboxylic acid groups (broad SMARTS) is 1. The Morgan fingerprint density at radius 2 is 2.07 bits per heavy atom. The summed E-state index contributed by atoms with van der Waals surface area (Å²) in [4.78, 5) is 10.4. The first-order valence-electron chi connectivity index (χ1n) is 4.48. The summed E-state index contributed by atoms with van der Waals surface area (Å²) in [5.41, 5.74) is -0.436. The molecule has 1 aliphatic heterocycles. The van der Waals surface area contributed by atoms with Gasteiger partial charge in [0.2, 0.25) is 10.0 Å². The van der Waals surface area contributed by atoms with Gasteiger partial charge in [0, 0.05) is 12.1 Å². The maximum absolute atomic E-state index is 11.6. The highest BCUT2D eigenvalue weighted by atomic mass is 32.2. The Bertz CT molecular complexity index is 333. The molecule has 1 aliphatic rings. The third-order valence-electron chi connectivity index (χ3n) is 2.47. The number of carboxylic acids is 1. The Kier molecular flexibility index (Phi) is 2.87. The second-order valence-corrected chi connectivity index (χ2v) is 6.03. The number of hydrogen-bond donors (Lipinski definition) is 1. The van der Waals surface area contributed by atoms with E-state index >= 15 is 0 Å². The molecule has 0 atom stereocenters. The fraction of sp³-hybridized carbons (Fsp3) is 0.875. The molecule has 0 aromatic heterocycles. The monoisotopic (exact) mass is 221 g/mol. The molecular weight excluding hydrogens is 206 g/mol. The minimum Gasteiger partial charge on any atom is -0.480 e. The van der Waals surface area contributed by atoms with Crippen LogP contribution < -0.4 is 0 Å². The van der Waals surface area contributed by atoms with Gasteiger partial charge in [-0.1, -0.05) is 0 Å². The van der Waals surface area contributed by atoms with E-state index in [1.807, 2.05) is 13.8 Å². The van der Waals surface area contributed by atoms with Crippen molar-refractivity contribution in [2.75, 3.05) is 12.3 Å². The molecule has 0 unspecified atom stereocenters. The van der Waals surface area contributed by atoms with Crippen molar-refractivity contribution < 1.29 is 18.3 Å². The molecule has 1 N–H and O–H groups in total. The first-order chi connectivity index (χ1) is 6.26. The zero-order valence-corrected chi connectivity index (χ0v) is 9.17. The number of nitrogens with zero attached hydrogens (tertiary/aromatic N) is 1. The molecule has 0 bridgehead atoms. The molecule has 1 fully saturated rings. The van der Waals surface area contributed by atoms with E-state index in [0.29, 0.717) is 6.54 Å². The Hall–Kier alpha value is -0.620. The van der Waals surface area contributed by atoms with Gasteiger partial charge in [0.15, 0.2) is 5.75 Å². The maximum Gasteiger partial charge on any atom is 0.320 e. The van der Waals surface area contributed by atoms with Crippen LogP contribution in [0.3, 0.4) is 0 Å². The van der Waals surface area contributed by atoms with Gasteiger partial charge in [0.1, 0.15) is 0 Å². The van der Waals surface area contributed by atoms with Crippen molar-refractivity contribution in [3.05, 3.63) is 0 Å². The van der Waals surface area contributed by atoms with E-state index < -0.39 is 27.3 Å². The molecule has 5 nitrogen and oxygen atoms in total. The van der Waals surface area contributed by atoms with Crippen LogP contribution in [-0.4, -0.2) is 41.6 Å². The Morgan fingerprint density at radius 1 is 1.50 bits per heavy atom. The fourth-order valence-electron chi connectivity index (χ4n) is 1.83. The molecule has 0 spiro atoms. The average Bonchev–Trinajstić information content (AvgIpc) is 2.26. The van der Waals surface area contributed by atoms with Gasteiger partial charge in [0.05, 0.1) is 0 Å². The molecule has 1 heterocycles. The van der Waals surface area contributed by atoms with E-state index in [2.05, 4.69) is 0 Å². The summed E-state index contributed by atoms with van der Waals surface area (Å²) >= 11 is 0. The molecule has 1 rings (SSSR count). The standard InChI is InChI=1S/C8H15NO4S/c1-8(2)4-3-5-9(8)14(12,13)6-7(10)11/h3-6H2,1-2H3,(H,10,11). The van der Waals surface area contributed by atoms with Gasteiger partial charge < -0.3 is 5.11 Å². The largest absolute Gasteiger partial charge is 0.480 e. The highest BCUT2D eigenvalue weighted by Gasteiger charge is 2.40. The quantitative estimate of drug-likeness (QED) is 0.742. The number of carbonyl (C=O) groups is 1. The van der Waals surface area contributed by atoms with Crippen LogP contribution in [0.1, 0.15) is 26.7 Å². The third kappa shape index (κ3) is 2.24. The van der Waals surface area contributed by atoms with E-state index in [1.165, 1.54) is 4.31 Å². The van der Waals surface area contributed by atoms with Gasteiger partial charge >= 0.3 is 5.97 Å². The average molecular weight is 221 g/mol. The lowest BCUT2D eigenvalue weighted by molar-refractivity contribution is -0.134. The summed E-state index contributed by atoms with van der Waals surface area (Å²) in [5, 5.41) is 8.47. The van der Waals surface area contributed by atoms with Crippen molar-refractivity contribution in [2.24, 2.45) is 0 Å². The third-order valence-corrected chi connectivity index (χ3v) is 4.43. The molecule has 0 aromatic rings. The second-order valence-electron chi connectivity index (χ2n) is 4.14. The van der Waals surface area contributed by atoms with Crippen LogP contribution in [0.15, 0.2) is 0 Å². The number of rotatable bonds is 3. The van der Waals surface area contributed by atoms with Crippen LogP contribution in [-0.2, 0) is 14.8 Å². The minimum absolute atomic E-state index is 0.433. The van der Waals surface area contributed by atoms with E-state index in [0.717, 1.165) is 12.8 Å². The van der Waals surface area contributed by atoms with Crippen LogP contribution in [0.4, 0.5) is 0 Å². The number of aliphatic carboxylic acids is 1.